The topological polar surface area (TPSA) is 66.5 Å². The van der Waals surface area contributed by atoms with E-state index in [0.717, 1.165) is 31.7 Å². The number of ether oxygens (including phenoxy) is 1. The van der Waals surface area contributed by atoms with Crippen LogP contribution in [-0.2, 0) is 4.79 Å². The number of nitrogens with one attached hydrogen (secondary N) is 2. The van der Waals surface area contributed by atoms with Gasteiger partial charge in [0.05, 0.1) is 6.21 Å². The molecule has 0 aliphatic carbocycles. The number of halogens is 1. The summed E-state index contributed by atoms with van der Waals surface area (Å²) in [5.74, 6) is 0.355. The van der Waals surface area contributed by atoms with Crippen LogP contribution in [0.15, 0.2) is 76.4 Å². The lowest BCUT2D eigenvalue weighted by Crippen LogP contribution is -2.24. The third kappa shape index (κ3) is 3.85. The van der Waals surface area contributed by atoms with E-state index in [-0.39, 0.29) is 12.5 Å². The van der Waals surface area contributed by atoms with Crippen LogP contribution in [0.1, 0.15) is 5.56 Å². The Morgan fingerprint density at radius 1 is 1.11 bits per heavy atom. The fourth-order valence-electron chi connectivity index (χ4n) is 2.89. The van der Waals surface area contributed by atoms with Gasteiger partial charge in [-0.2, -0.15) is 5.10 Å². The highest BCUT2D eigenvalue weighted by atomic mass is 79.9. The number of hydrazone groups is 1. The minimum absolute atomic E-state index is 0.106. The minimum atomic E-state index is -0.319. The van der Waals surface area contributed by atoms with Gasteiger partial charge in [0.1, 0.15) is 5.75 Å². The summed E-state index contributed by atoms with van der Waals surface area (Å²) < 4.78 is 6.64. The molecule has 27 heavy (non-hydrogen) atoms. The predicted octanol–water partition coefficient (Wildman–Crippen LogP) is 4.61. The molecule has 6 heteroatoms. The van der Waals surface area contributed by atoms with Gasteiger partial charge in [0.25, 0.3) is 5.91 Å². The Morgan fingerprint density at radius 2 is 1.96 bits per heavy atom. The van der Waals surface area contributed by atoms with Crippen molar-refractivity contribution in [2.75, 3.05) is 6.61 Å². The highest BCUT2D eigenvalue weighted by molar-refractivity contribution is 9.10. The quantitative estimate of drug-likeness (QED) is 0.364. The number of H-pyrrole nitrogens is 1. The van der Waals surface area contributed by atoms with Crippen molar-refractivity contribution in [3.63, 3.8) is 0 Å². The van der Waals surface area contributed by atoms with Crippen LogP contribution < -0.4 is 10.2 Å². The van der Waals surface area contributed by atoms with Gasteiger partial charge in [0, 0.05) is 32.5 Å². The Kier molecular flexibility index (Phi) is 4.89. The van der Waals surface area contributed by atoms with Gasteiger partial charge in [0.15, 0.2) is 6.61 Å². The maximum Gasteiger partial charge on any atom is 0.277 e. The normalized spacial score (nSPS) is 11.3. The van der Waals surface area contributed by atoms with Crippen molar-refractivity contribution in [2.45, 2.75) is 0 Å². The molecule has 0 saturated carbocycles. The van der Waals surface area contributed by atoms with Crippen molar-refractivity contribution in [3.8, 4) is 5.75 Å². The minimum Gasteiger partial charge on any atom is -0.483 e. The molecule has 0 fully saturated rings. The van der Waals surface area contributed by atoms with Gasteiger partial charge in [-0.05, 0) is 29.7 Å². The Balaban J connectivity index is 1.39. The molecule has 0 saturated heterocycles. The molecule has 1 heterocycles. The molecule has 5 nitrogen and oxygen atoms in total. The molecule has 0 radical (unpaired) electrons. The molecule has 0 atom stereocenters. The lowest BCUT2D eigenvalue weighted by molar-refractivity contribution is -0.123. The molecule has 4 rings (SSSR count). The highest BCUT2D eigenvalue weighted by Crippen LogP contribution is 2.25. The van der Waals surface area contributed by atoms with E-state index < -0.39 is 0 Å². The first-order chi connectivity index (χ1) is 13.2. The molecular formula is C21H16BrN3O2. The average molecular weight is 422 g/mol. The number of carbonyl (C=O) groups is 1. The molecule has 2 N–H and O–H groups in total. The van der Waals surface area contributed by atoms with Crippen molar-refractivity contribution in [1.82, 2.24) is 10.4 Å². The molecule has 0 unspecified atom stereocenters. The molecule has 3 aromatic carbocycles. The third-order valence-electron chi connectivity index (χ3n) is 4.18. The molecule has 1 amide bonds. The van der Waals surface area contributed by atoms with E-state index in [9.17, 15) is 4.79 Å². The molecular weight excluding hydrogens is 406 g/mol. The largest absolute Gasteiger partial charge is 0.483 e. The van der Waals surface area contributed by atoms with E-state index in [0.29, 0.717) is 5.75 Å². The van der Waals surface area contributed by atoms with Crippen LogP contribution >= 0.6 is 15.9 Å². The fraction of sp³-hybridized carbons (Fsp3) is 0.0476. The Morgan fingerprint density at radius 3 is 2.89 bits per heavy atom. The van der Waals surface area contributed by atoms with Gasteiger partial charge in [-0.15, -0.1) is 0 Å². The Bertz CT molecular complexity index is 1150. The molecule has 134 valence electrons. The van der Waals surface area contributed by atoms with Gasteiger partial charge >= 0.3 is 0 Å². The zero-order valence-corrected chi connectivity index (χ0v) is 15.9. The van der Waals surface area contributed by atoms with E-state index in [2.05, 4.69) is 31.4 Å². The summed E-state index contributed by atoms with van der Waals surface area (Å²) in [6.07, 6.45) is 3.46. The van der Waals surface area contributed by atoms with Gasteiger partial charge < -0.3 is 9.72 Å². The van der Waals surface area contributed by atoms with Crippen LogP contribution in [0.2, 0.25) is 0 Å². The third-order valence-corrected chi connectivity index (χ3v) is 4.67. The summed E-state index contributed by atoms with van der Waals surface area (Å²) in [5, 5.41) is 7.09. The van der Waals surface area contributed by atoms with E-state index in [1.54, 1.807) is 6.21 Å². The van der Waals surface area contributed by atoms with Crippen LogP contribution in [0.3, 0.4) is 0 Å². The van der Waals surface area contributed by atoms with Crippen LogP contribution in [0, 0.1) is 0 Å². The van der Waals surface area contributed by atoms with E-state index >= 15 is 0 Å². The number of amides is 1. The Labute approximate surface area is 164 Å². The molecule has 0 aliphatic rings. The number of aromatic amines is 1. The SMILES string of the molecule is O=C(COc1cccc2ccccc12)NN=Cc1c[nH]c2ccc(Br)cc12. The maximum absolute atomic E-state index is 12.0. The standard InChI is InChI=1S/C21H16BrN3O2/c22-16-8-9-19-18(10-16)15(11-23-19)12-24-25-21(26)13-27-20-7-3-5-14-4-1-2-6-17(14)20/h1-12,23H,13H2,(H,25,26). The lowest BCUT2D eigenvalue weighted by Gasteiger charge is -2.08. The number of hydrogen-bond donors (Lipinski definition) is 2. The Hall–Kier alpha value is -3.12. The molecule has 1 aromatic heterocycles. The van der Waals surface area contributed by atoms with Crippen molar-refractivity contribution < 1.29 is 9.53 Å². The zero-order chi connectivity index (χ0) is 18.6. The highest BCUT2D eigenvalue weighted by Gasteiger charge is 2.06. The zero-order valence-electron chi connectivity index (χ0n) is 14.3. The monoisotopic (exact) mass is 421 g/mol. The van der Waals surface area contributed by atoms with Gasteiger partial charge in [0.2, 0.25) is 0 Å². The summed E-state index contributed by atoms with van der Waals surface area (Å²) in [6, 6.07) is 19.6. The van der Waals surface area contributed by atoms with Gasteiger partial charge in [-0.3, -0.25) is 4.79 Å². The average Bonchev–Trinajstić information content (AvgIpc) is 3.08. The summed E-state index contributed by atoms with van der Waals surface area (Å²) in [5.41, 5.74) is 4.39. The van der Waals surface area contributed by atoms with Crippen molar-refractivity contribution >= 4 is 49.7 Å². The second kappa shape index (κ2) is 7.63. The van der Waals surface area contributed by atoms with Crippen molar-refractivity contribution in [3.05, 3.63) is 76.9 Å². The summed E-state index contributed by atoms with van der Waals surface area (Å²) in [4.78, 5) is 15.2. The molecule has 4 aromatic rings. The number of carbonyl (C=O) groups excluding carboxylic acids is 1. The predicted molar refractivity (Wildman–Crippen MR) is 111 cm³/mol. The van der Waals surface area contributed by atoms with E-state index in [1.807, 2.05) is 66.9 Å². The molecule has 0 spiro atoms. The van der Waals surface area contributed by atoms with Gasteiger partial charge in [-0.1, -0.05) is 52.3 Å². The first-order valence-electron chi connectivity index (χ1n) is 8.40. The van der Waals surface area contributed by atoms with E-state index in [4.69, 9.17) is 4.74 Å². The number of nitrogens with zero attached hydrogens (tertiary/aromatic N) is 1. The number of benzene rings is 3. The van der Waals surface area contributed by atoms with E-state index in [1.165, 1.54) is 0 Å². The van der Waals surface area contributed by atoms with Gasteiger partial charge in [-0.25, -0.2) is 5.43 Å². The van der Waals surface area contributed by atoms with Crippen LogP contribution in [0.25, 0.3) is 21.7 Å². The van der Waals surface area contributed by atoms with Crippen molar-refractivity contribution in [2.24, 2.45) is 5.10 Å². The molecule has 0 bridgehead atoms. The second-order valence-corrected chi connectivity index (χ2v) is 6.91. The number of hydrogen-bond acceptors (Lipinski definition) is 3. The summed E-state index contributed by atoms with van der Waals surface area (Å²) >= 11 is 3.46. The maximum atomic E-state index is 12.0. The lowest BCUT2D eigenvalue weighted by atomic mass is 10.1. The number of aromatic nitrogens is 1. The van der Waals surface area contributed by atoms with Crippen LogP contribution in [0.4, 0.5) is 0 Å². The summed E-state index contributed by atoms with van der Waals surface area (Å²) in [7, 11) is 0. The number of fused-ring (bicyclic) bond motifs is 2. The second-order valence-electron chi connectivity index (χ2n) is 5.99. The smallest absolute Gasteiger partial charge is 0.277 e. The fourth-order valence-corrected chi connectivity index (χ4v) is 3.25. The molecule has 0 aliphatic heterocycles. The number of rotatable bonds is 5. The first kappa shape index (κ1) is 17.3. The van der Waals surface area contributed by atoms with Crippen LogP contribution in [-0.4, -0.2) is 23.7 Å². The van der Waals surface area contributed by atoms with Crippen molar-refractivity contribution in [1.29, 1.82) is 0 Å². The summed E-state index contributed by atoms with van der Waals surface area (Å²) in [6.45, 7) is -0.106. The van der Waals surface area contributed by atoms with Crippen LogP contribution in [0.5, 0.6) is 5.75 Å². The first-order valence-corrected chi connectivity index (χ1v) is 9.19.